The van der Waals surface area contributed by atoms with Crippen LogP contribution in [-0.4, -0.2) is 40.8 Å². The number of hydrogen-bond donors (Lipinski definition) is 0. The van der Waals surface area contributed by atoms with Gasteiger partial charge in [0.25, 0.3) is 11.1 Å². The third-order valence-corrected chi connectivity index (χ3v) is 6.16. The minimum atomic E-state index is -0.457. The van der Waals surface area contributed by atoms with Crippen molar-refractivity contribution in [1.29, 1.82) is 0 Å². The molecule has 0 aliphatic heterocycles. The number of rotatable bonds is 7. The third-order valence-electron chi connectivity index (χ3n) is 6.16. The minimum Gasteiger partial charge on any atom is -0.464 e. The van der Waals surface area contributed by atoms with Crippen LogP contribution < -0.4 is 16.8 Å². The summed E-state index contributed by atoms with van der Waals surface area (Å²) in [5, 5.41) is 0.580. The van der Waals surface area contributed by atoms with Crippen molar-refractivity contribution in [3.8, 4) is 0 Å². The molecule has 0 bridgehead atoms. The van der Waals surface area contributed by atoms with Crippen LogP contribution >= 0.6 is 0 Å². The summed E-state index contributed by atoms with van der Waals surface area (Å²) in [6.45, 7) is 0.257. The Balaban J connectivity index is 1.27. The number of carbonyl (C=O) groups is 1. The fourth-order valence-electron chi connectivity index (χ4n) is 4.19. The van der Waals surface area contributed by atoms with E-state index in [4.69, 9.17) is 4.74 Å². The summed E-state index contributed by atoms with van der Waals surface area (Å²) < 4.78 is 11.0. The van der Waals surface area contributed by atoms with Gasteiger partial charge in [-0.05, 0) is 25.0 Å². The molecule has 11 nitrogen and oxygen atoms in total. The van der Waals surface area contributed by atoms with Gasteiger partial charge in [-0.3, -0.25) is 28.1 Å². The van der Waals surface area contributed by atoms with Gasteiger partial charge in [-0.1, -0.05) is 12.1 Å². The summed E-state index contributed by atoms with van der Waals surface area (Å²) in [5.74, 6) is 0.169. The Morgan fingerprint density at radius 1 is 1.09 bits per heavy atom. The molecule has 0 unspecified atom stereocenters. The molecule has 0 atom stereocenters. The van der Waals surface area contributed by atoms with Crippen molar-refractivity contribution >= 4 is 28.0 Å². The highest BCUT2D eigenvalue weighted by atomic mass is 16.5. The first-order valence-corrected chi connectivity index (χ1v) is 11.1. The maximum Gasteiger partial charge on any atom is 0.332 e. The Kier molecular flexibility index (Phi) is 5.39. The van der Waals surface area contributed by atoms with Crippen molar-refractivity contribution in [2.45, 2.75) is 38.3 Å². The summed E-state index contributed by atoms with van der Waals surface area (Å²) >= 11 is 0. The zero-order valence-electron chi connectivity index (χ0n) is 18.9. The predicted molar refractivity (Wildman–Crippen MR) is 124 cm³/mol. The lowest BCUT2D eigenvalue weighted by molar-refractivity contribution is -0.143. The van der Waals surface area contributed by atoms with Gasteiger partial charge in [-0.25, -0.2) is 14.8 Å². The molecule has 3 heterocycles. The first-order chi connectivity index (χ1) is 16.4. The van der Waals surface area contributed by atoms with Crippen LogP contribution in [0.25, 0.3) is 22.1 Å². The van der Waals surface area contributed by atoms with Crippen LogP contribution in [-0.2, 0) is 36.6 Å². The Morgan fingerprint density at radius 2 is 1.85 bits per heavy atom. The second-order valence-electron chi connectivity index (χ2n) is 8.49. The van der Waals surface area contributed by atoms with Crippen LogP contribution in [0, 0.1) is 0 Å². The molecule has 5 rings (SSSR count). The lowest BCUT2D eigenvalue weighted by atomic mass is 10.2. The monoisotopic (exact) mass is 464 g/mol. The van der Waals surface area contributed by atoms with E-state index >= 15 is 0 Å². The van der Waals surface area contributed by atoms with Gasteiger partial charge in [-0.15, -0.1) is 0 Å². The molecule has 176 valence electrons. The van der Waals surface area contributed by atoms with Gasteiger partial charge < -0.3 is 9.30 Å². The minimum absolute atomic E-state index is 0.0386. The Labute approximate surface area is 192 Å². The highest BCUT2D eigenvalue weighted by molar-refractivity contribution is 5.77. The van der Waals surface area contributed by atoms with Gasteiger partial charge in [0, 0.05) is 26.6 Å². The average molecular weight is 464 g/mol. The van der Waals surface area contributed by atoms with Crippen molar-refractivity contribution < 1.29 is 9.53 Å². The molecule has 11 heteroatoms. The molecule has 3 aromatic heterocycles. The normalized spacial score (nSPS) is 13.6. The summed E-state index contributed by atoms with van der Waals surface area (Å²) in [6, 6.07) is 7.36. The fraction of sp³-hybridized carbons (Fsp3) is 0.391. The second kappa shape index (κ2) is 8.40. The van der Waals surface area contributed by atoms with E-state index in [1.807, 2.05) is 12.1 Å². The molecule has 0 N–H and O–H groups in total. The Hall–Kier alpha value is -4.02. The van der Waals surface area contributed by atoms with Crippen LogP contribution in [0.3, 0.4) is 0 Å². The van der Waals surface area contributed by atoms with E-state index in [0.29, 0.717) is 23.1 Å². The number of aryl methyl sites for hydroxylation is 2. The van der Waals surface area contributed by atoms with Gasteiger partial charge in [-0.2, -0.15) is 0 Å². The number of nitrogens with zero attached hydrogens (tertiary/aromatic N) is 6. The lowest BCUT2D eigenvalue weighted by Crippen LogP contribution is -2.37. The number of fused-ring (bicyclic) bond motifs is 2. The summed E-state index contributed by atoms with van der Waals surface area (Å²) in [4.78, 5) is 58.7. The quantitative estimate of drug-likeness (QED) is 0.368. The molecule has 0 amide bonds. The Morgan fingerprint density at radius 3 is 2.62 bits per heavy atom. The van der Waals surface area contributed by atoms with Gasteiger partial charge in [0.05, 0.1) is 30.2 Å². The van der Waals surface area contributed by atoms with Gasteiger partial charge in [0.1, 0.15) is 12.4 Å². The fourth-order valence-corrected chi connectivity index (χ4v) is 4.19. The van der Waals surface area contributed by atoms with Crippen LogP contribution in [0.1, 0.15) is 31.1 Å². The smallest absolute Gasteiger partial charge is 0.332 e. The zero-order chi connectivity index (χ0) is 24.0. The topological polar surface area (TPSA) is 123 Å². The summed E-state index contributed by atoms with van der Waals surface area (Å²) in [5.41, 5.74) is 0.188. The van der Waals surface area contributed by atoms with Crippen LogP contribution in [0.2, 0.25) is 0 Å². The van der Waals surface area contributed by atoms with Gasteiger partial charge in [0.15, 0.2) is 11.2 Å². The van der Waals surface area contributed by atoms with Crippen molar-refractivity contribution in [2.24, 2.45) is 14.1 Å². The highest BCUT2D eigenvalue weighted by Gasteiger charge is 2.28. The van der Waals surface area contributed by atoms with Crippen LogP contribution in [0.5, 0.6) is 0 Å². The SMILES string of the molecule is Cn1c(=O)c2c(ncn2CCOC(=O)CCc2nc3ccccc3c(=O)n2C2CC2)n(C)c1=O. The van der Waals surface area contributed by atoms with Crippen molar-refractivity contribution in [3.05, 3.63) is 67.6 Å². The van der Waals surface area contributed by atoms with Gasteiger partial charge in [0.2, 0.25) is 0 Å². The number of benzene rings is 1. The highest BCUT2D eigenvalue weighted by Crippen LogP contribution is 2.34. The van der Waals surface area contributed by atoms with E-state index in [1.165, 1.54) is 17.9 Å². The Bertz CT molecular complexity index is 1600. The number of para-hydroxylation sites is 1. The molecular weight excluding hydrogens is 440 g/mol. The molecule has 34 heavy (non-hydrogen) atoms. The van der Waals surface area contributed by atoms with E-state index < -0.39 is 17.2 Å². The third kappa shape index (κ3) is 3.72. The molecule has 0 saturated heterocycles. The maximum atomic E-state index is 12.9. The zero-order valence-corrected chi connectivity index (χ0v) is 18.9. The number of esters is 1. The molecule has 4 aromatic rings. The number of ether oxygens (including phenoxy) is 1. The van der Waals surface area contributed by atoms with E-state index in [9.17, 15) is 19.2 Å². The molecular formula is C23H24N6O5. The first-order valence-electron chi connectivity index (χ1n) is 11.1. The molecule has 1 aliphatic carbocycles. The van der Waals surface area contributed by atoms with E-state index in [-0.39, 0.29) is 42.3 Å². The van der Waals surface area contributed by atoms with E-state index in [2.05, 4.69) is 9.97 Å². The first kappa shape index (κ1) is 21.8. The molecule has 1 fully saturated rings. The second-order valence-corrected chi connectivity index (χ2v) is 8.49. The molecule has 0 radical (unpaired) electrons. The largest absolute Gasteiger partial charge is 0.464 e. The standard InChI is InChI=1S/C23H24N6O5/c1-26-20-19(22(32)27(2)23(26)33)28(13-24-20)11-12-34-18(30)10-9-17-25-16-6-4-3-5-15(16)21(31)29(17)14-7-8-14/h3-6,13-14H,7-12H2,1-2H3. The van der Waals surface area contributed by atoms with E-state index in [0.717, 1.165) is 17.4 Å². The number of aromatic nitrogens is 6. The molecule has 1 saturated carbocycles. The maximum absolute atomic E-state index is 12.9. The summed E-state index contributed by atoms with van der Waals surface area (Å²) in [7, 11) is 2.95. The average Bonchev–Trinajstić information content (AvgIpc) is 3.58. The van der Waals surface area contributed by atoms with Crippen LogP contribution in [0.15, 0.2) is 45.0 Å². The van der Waals surface area contributed by atoms with Gasteiger partial charge >= 0.3 is 11.7 Å². The molecule has 1 aliphatic rings. The lowest BCUT2D eigenvalue weighted by Gasteiger charge is -2.13. The summed E-state index contributed by atoms with van der Waals surface area (Å²) in [6.07, 6.45) is 3.69. The van der Waals surface area contributed by atoms with Crippen molar-refractivity contribution in [2.75, 3.05) is 6.61 Å². The van der Waals surface area contributed by atoms with Crippen LogP contribution in [0.4, 0.5) is 0 Å². The predicted octanol–water partition coefficient (Wildman–Crippen LogP) is 0.654. The number of imidazole rings is 1. The van der Waals surface area contributed by atoms with Crippen molar-refractivity contribution in [1.82, 2.24) is 28.2 Å². The number of hydrogen-bond acceptors (Lipinski definition) is 7. The molecule has 0 spiro atoms. The van der Waals surface area contributed by atoms with E-state index in [1.54, 1.807) is 28.3 Å². The number of carbonyl (C=O) groups excluding carboxylic acids is 1. The molecule has 1 aromatic carbocycles. The van der Waals surface area contributed by atoms with Crippen molar-refractivity contribution in [3.63, 3.8) is 0 Å².